The predicted molar refractivity (Wildman–Crippen MR) is 72.1 cm³/mol. The van der Waals surface area contributed by atoms with Crippen LogP contribution in [-0.4, -0.2) is 24.6 Å². The topological polar surface area (TPSA) is 83.8 Å². The third kappa shape index (κ3) is 2.52. The van der Waals surface area contributed by atoms with Crippen molar-refractivity contribution in [2.45, 2.75) is 39.7 Å². The molecular weight excluding hydrogens is 244 g/mol. The molecular formula is C13H18N4O2. The molecule has 0 aliphatic rings. The summed E-state index contributed by atoms with van der Waals surface area (Å²) in [5, 5.41) is 9.90. The highest BCUT2D eigenvalue weighted by molar-refractivity contribution is 5.50. The largest absolute Gasteiger partial charge is 0.493 e. The Balaban J connectivity index is 2.52. The molecule has 102 valence electrons. The summed E-state index contributed by atoms with van der Waals surface area (Å²) in [7, 11) is 0. The van der Waals surface area contributed by atoms with Crippen molar-refractivity contribution >= 4 is 0 Å². The second kappa shape index (κ2) is 5.26. The zero-order valence-electron chi connectivity index (χ0n) is 11.3. The monoisotopic (exact) mass is 262 g/mol. The third-order valence-corrected chi connectivity index (χ3v) is 2.93. The average molecular weight is 262 g/mol. The highest BCUT2D eigenvalue weighted by atomic mass is 16.3. The number of aromatic nitrogens is 4. The predicted octanol–water partition coefficient (Wildman–Crippen LogP) is 1.87. The van der Waals surface area contributed by atoms with Crippen molar-refractivity contribution in [3.8, 4) is 17.4 Å². The Morgan fingerprint density at radius 3 is 2.79 bits per heavy atom. The number of aromatic hydroxyl groups is 1. The SMILES string of the molecule is CCCn1cncc1-c1nc(O)c(C(C)C)c(=O)[nH]1. The first kappa shape index (κ1) is 13.3. The fourth-order valence-electron chi connectivity index (χ4n) is 2.05. The van der Waals surface area contributed by atoms with Gasteiger partial charge >= 0.3 is 0 Å². The molecule has 0 amide bonds. The van der Waals surface area contributed by atoms with E-state index in [1.165, 1.54) is 0 Å². The summed E-state index contributed by atoms with van der Waals surface area (Å²) in [5.41, 5.74) is 0.705. The van der Waals surface area contributed by atoms with Gasteiger partial charge in [0.1, 0.15) is 5.69 Å². The van der Waals surface area contributed by atoms with E-state index in [1.54, 1.807) is 12.5 Å². The number of nitrogens with one attached hydrogen (secondary N) is 1. The summed E-state index contributed by atoms with van der Waals surface area (Å²) in [6, 6.07) is 0. The average Bonchev–Trinajstić information content (AvgIpc) is 2.76. The standard InChI is InChI=1S/C13H18N4O2/c1-4-5-17-7-14-6-9(17)11-15-12(18)10(8(2)3)13(19)16-11/h6-8H,4-5H2,1-3H3,(H2,15,16,18,19). The van der Waals surface area contributed by atoms with E-state index in [4.69, 9.17) is 0 Å². The smallest absolute Gasteiger partial charge is 0.258 e. The van der Waals surface area contributed by atoms with Crippen LogP contribution in [0.2, 0.25) is 0 Å². The summed E-state index contributed by atoms with van der Waals surface area (Å²) in [6.07, 6.45) is 4.26. The van der Waals surface area contributed by atoms with Gasteiger partial charge in [-0.25, -0.2) is 4.98 Å². The summed E-state index contributed by atoms with van der Waals surface area (Å²) < 4.78 is 1.90. The van der Waals surface area contributed by atoms with Gasteiger partial charge in [0.15, 0.2) is 5.82 Å². The van der Waals surface area contributed by atoms with Gasteiger partial charge in [0, 0.05) is 6.54 Å². The molecule has 0 spiro atoms. The summed E-state index contributed by atoms with van der Waals surface area (Å²) in [4.78, 5) is 22.8. The van der Waals surface area contributed by atoms with Crippen molar-refractivity contribution in [2.75, 3.05) is 0 Å². The molecule has 0 bridgehead atoms. The molecule has 0 aromatic carbocycles. The van der Waals surface area contributed by atoms with Gasteiger partial charge in [0.2, 0.25) is 5.88 Å². The molecule has 0 atom stereocenters. The molecule has 0 radical (unpaired) electrons. The molecule has 6 heteroatoms. The van der Waals surface area contributed by atoms with Crippen LogP contribution in [0, 0.1) is 0 Å². The van der Waals surface area contributed by atoms with Gasteiger partial charge < -0.3 is 14.7 Å². The van der Waals surface area contributed by atoms with Crippen LogP contribution in [0.1, 0.15) is 38.7 Å². The molecule has 2 aromatic heterocycles. The zero-order chi connectivity index (χ0) is 14.0. The number of imidazole rings is 1. The first-order chi connectivity index (χ1) is 9.04. The van der Waals surface area contributed by atoms with E-state index < -0.39 is 0 Å². The number of rotatable bonds is 4. The highest BCUT2D eigenvalue weighted by Gasteiger charge is 2.16. The molecule has 19 heavy (non-hydrogen) atoms. The van der Waals surface area contributed by atoms with Crippen LogP contribution in [0.4, 0.5) is 0 Å². The molecule has 0 saturated carbocycles. The van der Waals surface area contributed by atoms with E-state index in [0.717, 1.165) is 13.0 Å². The van der Waals surface area contributed by atoms with Crippen LogP contribution >= 0.6 is 0 Å². The van der Waals surface area contributed by atoms with E-state index >= 15 is 0 Å². The molecule has 0 fully saturated rings. The third-order valence-electron chi connectivity index (χ3n) is 2.93. The van der Waals surface area contributed by atoms with Crippen molar-refractivity contribution in [3.05, 3.63) is 28.4 Å². The van der Waals surface area contributed by atoms with Crippen molar-refractivity contribution in [3.63, 3.8) is 0 Å². The Hall–Kier alpha value is -2.11. The molecule has 2 N–H and O–H groups in total. The Morgan fingerprint density at radius 2 is 2.21 bits per heavy atom. The van der Waals surface area contributed by atoms with E-state index in [1.807, 2.05) is 18.4 Å². The van der Waals surface area contributed by atoms with Gasteiger partial charge in [0.05, 0.1) is 18.1 Å². The Labute approximate surface area is 111 Å². The molecule has 2 rings (SSSR count). The van der Waals surface area contributed by atoms with Crippen molar-refractivity contribution in [2.24, 2.45) is 0 Å². The van der Waals surface area contributed by atoms with Gasteiger partial charge in [0.25, 0.3) is 5.56 Å². The van der Waals surface area contributed by atoms with E-state index in [-0.39, 0.29) is 17.4 Å². The second-order valence-corrected chi connectivity index (χ2v) is 4.78. The van der Waals surface area contributed by atoms with Crippen molar-refractivity contribution < 1.29 is 5.11 Å². The Morgan fingerprint density at radius 1 is 1.47 bits per heavy atom. The van der Waals surface area contributed by atoms with Gasteiger partial charge in [-0.3, -0.25) is 4.79 Å². The summed E-state index contributed by atoms with van der Waals surface area (Å²) >= 11 is 0. The molecule has 2 heterocycles. The van der Waals surface area contributed by atoms with Gasteiger partial charge in [-0.1, -0.05) is 20.8 Å². The minimum absolute atomic E-state index is 0.0779. The number of aromatic amines is 1. The van der Waals surface area contributed by atoms with Gasteiger partial charge in [-0.05, 0) is 12.3 Å². The van der Waals surface area contributed by atoms with Crippen LogP contribution in [0.3, 0.4) is 0 Å². The molecule has 0 aliphatic carbocycles. The van der Waals surface area contributed by atoms with Crippen LogP contribution in [0.5, 0.6) is 5.88 Å². The van der Waals surface area contributed by atoms with Crippen LogP contribution in [-0.2, 0) is 6.54 Å². The lowest BCUT2D eigenvalue weighted by Crippen LogP contribution is -2.17. The zero-order valence-corrected chi connectivity index (χ0v) is 11.3. The van der Waals surface area contributed by atoms with Crippen LogP contribution < -0.4 is 5.56 Å². The first-order valence-corrected chi connectivity index (χ1v) is 6.38. The van der Waals surface area contributed by atoms with E-state index in [2.05, 4.69) is 21.9 Å². The lowest BCUT2D eigenvalue weighted by Gasteiger charge is -2.09. The fraction of sp³-hybridized carbons (Fsp3) is 0.462. The number of nitrogens with zero attached hydrogens (tertiary/aromatic N) is 3. The van der Waals surface area contributed by atoms with E-state index in [0.29, 0.717) is 17.1 Å². The van der Waals surface area contributed by atoms with Crippen LogP contribution in [0.15, 0.2) is 17.3 Å². The molecule has 0 aliphatic heterocycles. The second-order valence-electron chi connectivity index (χ2n) is 4.78. The maximum Gasteiger partial charge on any atom is 0.258 e. The highest BCUT2D eigenvalue weighted by Crippen LogP contribution is 2.22. The quantitative estimate of drug-likeness (QED) is 0.881. The van der Waals surface area contributed by atoms with Crippen molar-refractivity contribution in [1.82, 2.24) is 19.5 Å². The van der Waals surface area contributed by atoms with Gasteiger partial charge in [-0.2, -0.15) is 4.98 Å². The van der Waals surface area contributed by atoms with Gasteiger partial charge in [-0.15, -0.1) is 0 Å². The number of hydrogen-bond donors (Lipinski definition) is 2. The first-order valence-electron chi connectivity index (χ1n) is 6.38. The maximum atomic E-state index is 12.0. The number of aryl methyl sites for hydroxylation is 1. The van der Waals surface area contributed by atoms with Crippen molar-refractivity contribution in [1.29, 1.82) is 0 Å². The Kier molecular flexibility index (Phi) is 3.69. The molecule has 6 nitrogen and oxygen atoms in total. The lowest BCUT2D eigenvalue weighted by atomic mass is 10.1. The normalized spacial score (nSPS) is 11.2. The molecule has 0 saturated heterocycles. The summed E-state index contributed by atoms with van der Waals surface area (Å²) in [5.74, 6) is 0.0571. The molecule has 2 aromatic rings. The summed E-state index contributed by atoms with van der Waals surface area (Å²) in [6.45, 7) is 6.52. The minimum Gasteiger partial charge on any atom is -0.493 e. The number of H-pyrrole nitrogens is 1. The molecule has 0 unspecified atom stereocenters. The van der Waals surface area contributed by atoms with E-state index in [9.17, 15) is 9.90 Å². The fourth-order valence-corrected chi connectivity index (χ4v) is 2.05. The minimum atomic E-state index is -0.304. The number of hydrogen-bond acceptors (Lipinski definition) is 4. The lowest BCUT2D eigenvalue weighted by molar-refractivity contribution is 0.440. The maximum absolute atomic E-state index is 12.0. The Bertz CT molecular complexity index is 628. The van der Waals surface area contributed by atoms with Crippen LogP contribution in [0.25, 0.3) is 11.5 Å².